The smallest absolute Gasteiger partial charge is 0.339 e. The molecule has 0 spiro atoms. The molecule has 1 aromatic rings. The second kappa shape index (κ2) is 8.73. The summed E-state index contributed by atoms with van der Waals surface area (Å²) in [7, 11) is -4.03. The molecular weight excluding hydrogens is 429 g/mol. The second-order valence-corrected chi connectivity index (χ2v) is 10.9. The number of alkyl halides is 3. The van der Waals surface area contributed by atoms with E-state index >= 15 is 0 Å². The van der Waals surface area contributed by atoms with Crippen molar-refractivity contribution < 1.29 is 26.4 Å². The van der Waals surface area contributed by atoms with Crippen molar-refractivity contribution in [2.24, 2.45) is 11.8 Å². The van der Waals surface area contributed by atoms with Crippen LogP contribution in [-0.4, -0.2) is 49.2 Å². The highest BCUT2D eigenvalue weighted by molar-refractivity contribution is 7.89. The van der Waals surface area contributed by atoms with Crippen LogP contribution in [0.3, 0.4) is 0 Å². The zero-order valence-corrected chi connectivity index (χ0v) is 18.3. The summed E-state index contributed by atoms with van der Waals surface area (Å²) >= 11 is 0. The third-order valence-corrected chi connectivity index (χ3v) is 9.02. The van der Waals surface area contributed by atoms with Gasteiger partial charge < -0.3 is 4.90 Å². The van der Waals surface area contributed by atoms with Crippen LogP contribution < -0.4 is 0 Å². The summed E-state index contributed by atoms with van der Waals surface area (Å²) in [6.07, 6.45) is 3.12. The molecule has 1 atom stereocenters. The molecule has 172 valence electrons. The highest BCUT2D eigenvalue weighted by atomic mass is 32.2. The number of likely N-dealkylation sites (tertiary alicyclic amines) is 1. The Morgan fingerprint density at radius 3 is 2.26 bits per heavy atom. The number of piperidine rings is 1. The molecule has 31 heavy (non-hydrogen) atoms. The molecule has 5 nitrogen and oxygen atoms in total. The van der Waals surface area contributed by atoms with E-state index < -0.39 is 21.8 Å². The monoisotopic (exact) mass is 458 g/mol. The molecule has 1 saturated carbocycles. The minimum atomic E-state index is -4.60. The van der Waals surface area contributed by atoms with Gasteiger partial charge in [-0.25, -0.2) is 8.42 Å². The molecule has 1 aliphatic carbocycles. The van der Waals surface area contributed by atoms with Gasteiger partial charge in [0.2, 0.25) is 15.9 Å². The molecule has 0 bridgehead atoms. The minimum absolute atomic E-state index is 0.130. The van der Waals surface area contributed by atoms with Gasteiger partial charge in [0, 0.05) is 31.6 Å². The van der Waals surface area contributed by atoms with Crippen LogP contribution in [0.2, 0.25) is 0 Å². The fourth-order valence-corrected chi connectivity index (χ4v) is 6.97. The predicted octanol–water partition coefficient (Wildman–Crippen LogP) is 4.29. The van der Waals surface area contributed by atoms with E-state index in [2.05, 4.69) is 0 Å². The van der Waals surface area contributed by atoms with Crippen LogP contribution in [0.4, 0.5) is 13.2 Å². The summed E-state index contributed by atoms with van der Waals surface area (Å²) in [6.45, 7) is 1.08. The molecular formula is C22H29F3N2O3S. The van der Waals surface area contributed by atoms with Crippen molar-refractivity contribution in [1.82, 2.24) is 9.21 Å². The summed E-state index contributed by atoms with van der Waals surface area (Å²) in [6, 6.07) is 4.17. The molecule has 1 aromatic carbocycles. The predicted molar refractivity (Wildman–Crippen MR) is 110 cm³/mol. The molecule has 3 aliphatic rings. The van der Waals surface area contributed by atoms with Crippen LogP contribution in [0.15, 0.2) is 29.2 Å². The van der Waals surface area contributed by atoms with Crippen molar-refractivity contribution in [1.29, 1.82) is 0 Å². The quantitative estimate of drug-likeness (QED) is 0.677. The molecule has 1 amide bonds. The average molecular weight is 459 g/mol. The van der Waals surface area contributed by atoms with Gasteiger partial charge in [-0.3, -0.25) is 4.79 Å². The normalized spacial score (nSPS) is 24.7. The van der Waals surface area contributed by atoms with Crippen molar-refractivity contribution >= 4 is 15.9 Å². The number of hydrogen-bond acceptors (Lipinski definition) is 3. The van der Waals surface area contributed by atoms with E-state index in [-0.39, 0.29) is 29.8 Å². The Bertz CT molecular complexity index is 905. The van der Waals surface area contributed by atoms with E-state index in [0.717, 1.165) is 31.5 Å². The lowest BCUT2D eigenvalue weighted by Gasteiger charge is -2.36. The minimum Gasteiger partial charge on any atom is -0.339 e. The first kappa shape index (κ1) is 22.6. The van der Waals surface area contributed by atoms with Gasteiger partial charge in [0.25, 0.3) is 0 Å². The molecule has 2 saturated heterocycles. The maximum absolute atomic E-state index is 13.2. The van der Waals surface area contributed by atoms with Crippen LogP contribution in [0.1, 0.15) is 56.9 Å². The van der Waals surface area contributed by atoms with Gasteiger partial charge in [-0.1, -0.05) is 18.9 Å². The number of sulfonamides is 1. The van der Waals surface area contributed by atoms with Crippen LogP contribution in [0, 0.1) is 11.8 Å². The van der Waals surface area contributed by atoms with Crippen molar-refractivity contribution in [2.45, 2.75) is 68.5 Å². The molecule has 4 rings (SSSR count). The van der Waals surface area contributed by atoms with Gasteiger partial charge in [-0.2, -0.15) is 17.5 Å². The van der Waals surface area contributed by atoms with Gasteiger partial charge in [0.15, 0.2) is 0 Å². The van der Waals surface area contributed by atoms with E-state index in [1.165, 1.54) is 36.1 Å². The first-order valence-electron chi connectivity index (χ1n) is 11.2. The number of nitrogens with zero attached hydrogens (tertiary/aromatic N) is 2. The molecule has 3 fully saturated rings. The number of carbonyl (C=O) groups is 1. The highest BCUT2D eigenvalue weighted by Crippen LogP contribution is 2.37. The molecule has 1 unspecified atom stereocenters. The largest absolute Gasteiger partial charge is 0.416 e. The summed E-state index contributed by atoms with van der Waals surface area (Å²) in [5, 5.41) is 0. The van der Waals surface area contributed by atoms with Crippen molar-refractivity contribution in [3.05, 3.63) is 29.8 Å². The SMILES string of the molecule is O=C(C1CCN(S(=O)(=O)c2cccc(C(F)(F)F)c2)CC1)N1CCCC1C1CCCC1. The van der Waals surface area contributed by atoms with Gasteiger partial charge in [-0.05, 0) is 62.6 Å². The van der Waals surface area contributed by atoms with Crippen LogP contribution in [0.5, 0.6) is 0 Å². The van der Waals surface area contributed by atoms with Crippen LogP contribution >= 0.6 is 0 Å². The van der Waals surface area contributed by atoms with E-state index in [9.17, 15) is 26.4 Å². The molecule has 0 aromatic heterocycles. The maximum atomic E-state index is 13.2. The molecule has 2 aliphatic heterocycles. The number of halogens is 3. The Morgan fingerprint density at radius 1 is 0.935 bits per heavy atom. The number of carbonyl (C=O) groups excluding carboxylic acids is 1. The highest BCUT2D eigenvalue weighted by Gasteiger charge is 2.40. The summed E-state index contributed by atoms with van der Waals surface area (Å²) in [5.41, 5.74) is -0.981. The lowest BCUT2D eigenvalue weighted by Crippen LogP contribution is -2.47. The second-order valence-electron chi connectivity index (χ2n) is 8.99. The van der Waals surface area contributed by atoms with Crippen molar-refractivity contribution in [3.8, 4) is 0 Å². The molecule has 0 radical (unpaired) electrons. The Balaban J connectivity index is 1.40. The van der Waals surface area contributed by atoms with Crippen molar-refractivity contribution in [2.75, 3.05) is 19.6 Å². The van der Waals surface area contributed by atoms with Gasteiger partial charge >= 0.3 is 6.18 Å². The van der Waals surface area contributed by atoms with E-state index in [4.69, 9.17) is 0 Å². The number of amides is 1. The number of rotatable bonds is 4. The van der Waals surface area contributed by atoms with E-state index in [1.54, 1.807) is 0 Å². The Hall–Kier alpha value is -1.61. The van der Waals surface area contributed by atoms with Crippen molar-refractivity contribution in [3.63, 3.8) is 0 Å². The van der Waals surface area contributed by atoms with E-state index in [0.29, 0.717) is 30.9 Å². The first-order chi connectivity index (χ1) is 14.7. The third kappa shape index (κ3) is 4.62. The van der Waals surface area contributed by atoms with Crippen LogP contribution in [0.25, 0.3) is 0 Å². The topological polar surface area (TPSA) is 57.7 Å². The lowest BCUT2D eigenvalue weighted by atomic mass is 9.92. The molecule has 9 heteroatoms. The van der Waals surface area contributed by atoms with Crippen LogP contribution in [-0.2, 0) is 21.0 Å². The summed E-state index contributed by atoms with van der Waals surface area (Å²) < 4.78 is 65.9. The maximum Gasteiger partial charge on any atom is 0.416 e. The third-order valence-electron chi connectivity index (χ3n) is 7.13. The Labute approximate surface area is 181 Å². The average Bonchev–Trinajstić information content (AvgIpc) is 3.44. The fourth-order valence-electron chi connectivity index (χ4n) is 5.46. The van der Waals surface area contributed by atoms with Gasteiger partial charge in [0.1, 0.15) is 0 Å². The zero-order valence-electron chi connectivity index (χ0n) is 17.5. The van der Waals surface area contributed by atoms with Gasteiger partial charge in [-0.15, -0.1) is 0 Å². The van der Waals surface area contributed by atoms with Gasteiger partial charge in [0.05, 0.1) is 10.5 Å². The fraction of sp³-hybridized carbons (Fsp3) is 0.682. The summed E-state index contributed by atoms with van der Waals surface area (Å²) in [4.78, 5) is 14.9. The zero-order chi connectivity index (χ0) is 22.2. The Kier molecular flexibility index (Phi) is 6.36. The first-order valence-corrected chi connectivity index (χ1v) is 12.6. The summed E-state index contributed by atoms with van der Waals surface area (Å²) in [5.74, 6) is 0.508. The number of benzene rings is 1. The lowest BCUT2D eigenvalue weighted by molar-refractivity contribution is -0.139. The standard InChI is InChI=1S/C22H29F3N2O3S/c23-22(24,25)18-7-3-8-19(15-18)31(29,30)26-13-10-17(11-14-26)21(28)27-12-4-9-20(27)16-5-1-2-6-16/h3,7-8,15-17,20H,1-2,4-6,9-14H2. The molecule has 2 heterocycles. The molecule has 0 N–H and O–H groups in total. The number of hydrogen-bond donors (Lipinski definition) is 0. The van der Waals surface area contributed by atoms with E-state index in [1.807, 2.05) is 4.90 Å². The Morgan fingerprint density at radius 2 is 1.61 bits per heavy atom.